The van der Waals surface area contributed by atoms with Gasteiger partial charge in [-0.05, 0) is 37.1 Å². The molecule has 0 aliphatic rings. The monoisotopic (exact) mass is 207 g/mol. The van der Waals surface area contributed by atoms with E-state index < -0.39 is 0 Å². The summed E-state index contributed by atoms with van der Waals surface area (Å²) >= 11 is 0. The van der Waals surface area contributed by atoms with Crippen LogP contribution in [0.2, 0.25) is 0 Å². The Bertz CT molecular complexity index is 412. The van der Waals surface area contributed by atoms with Crippen LogP contribution in [-0.2, 0) is 0 Å². The lowest BCUT2D eigenvalue weighted by atomic mass is 10.0. The van der Waals surface area contributed by atoms with Crippen LogP contribution in [-0.4, -0.2) is 6.21 Å². The second-order valence-electron chi connectivity index (χ2n) is 3.43. The molecule has 1 aromatic rings. The zero-order chi connectivity index (χ0) is 11.6. The van der Waals surface area contributed by atoms with Crippen molar-refractivity contribution in [2.45, 2.75) is 13.8 Å². The topological polar surface area (TPSA) is 75.9 Å². The number of halogens is 1. The van der Waals surface area contributed by atoms with Crippen molar-refractivity contribution in [3.63, 3.8) is 0 Å². The summed E-state index contributed by atoms with van der Waals surface area (Å²) in [4.78, 5) is 0. The van der Waals surface area contributed by atoms with Gasteiger partial charge < -0.3 is 16.9 Å². The van der Waals surface area contributed by atoms with Crippen LogP contribution in [0.15, 0.2) is 17.7 Å². The minimum atomic E-state index is -0.381. The highest BCUT2D eigenvalue weighted by Crippen LogP contribution is 2.25. The SMILES string of the molecule is C/C(C=N)=C(/N)c1c(C)cc(F)cc1N. The van der Waals surface area contributed by atoms with Crippen molar-refractivity contribution in [2.24, 2.45) is 5.73 Å². The first-order valence-corrected chi connectivity index (χ1v) is 4.50. The van der Waals surface area contributed by atoms with Crippen LogP contribution in [0.5, 0.6) is 0 Å². The number of nitrogens with two attached hydrogens (primary N) is 2. The number of hydrogen-bond acceptors (Lipinski definition) is 3. The molecule has 1 rings (SSSR count). The average Bonchev–Trinajstić information content (AvgIpc) is 2.14. The van der Waals surface area contributed by atoms with Gasteiger partial charge in [0.05, 0.1) is 0 Å². The summed E-state index contributed by atoms with van der Waals surface area (Å²) in [5.41, 5.74) is 14.1. The molecule has 0 atom stereocenters. The van der Waals surface area contributed by atoms with Gasteiger partial charge in [-0.1, -0.05) is 0 Å². The lowest BCUT2D eigenvalue weighted by Crippen LogP contribution is -2.07. The summed E-state index contributed by atoms with van der Waals surface area (Å²) in [5.74, 6) is -0.381. The van der Waals surface area contributed by atoms with Crippen molar-refractivity contribution >= 4 is 17.6 Å². The third kappa shape index (κ3) is 2.15. The van der Waals surface area contributed by atoms with Gasteiger partial charge in [-0.15, -0.1) is 0 Å². The number of allylic oxidation sites excluding steroid dienone is 1. The molecule has 5 N–H and O–H groups in total. The van der Waals surface area contributed by atoms with E-state index in [2.05, 4.69) is 0 Å². The maximum atomic E-state index is 13.0. The van der Waals surface area contributed by atoms with E-state index >= 15 is 0 Å². The first-order chi connectivity index (χ1) is 6.97. The van der Waals surface area contributed by atoms with Gasteiger partial charge in [0.2, 0.25) is 0 Å². The highest BCUT2D eigenvalue weighted by molar-refractivity contribution is 5.90. The van der Waals surface area contributed by atoms with E-state index in [0.29, 0.717) is 28.1 Å². The van der Waals surface area contributed by atoms with Crippen LogP contribution in [0.3, 0.4) is 0 Å². The molecule has 0 aliphatic carbocycles. The Hall–Kier alpha value is -1.84. The summed E-state index contributed by atoms with van der Waals surface area (Å²) in [6, 6.07) is 2.60. The number of anilines is 1. The van der Waals surface area contributed by atoms with Gasteiger partial charge in [-0.3, -0.25) is 0 Å². The molecule has 1 aromatic carbocycles. The Balaban J connectivity index is 3.45. The van der Waals surface area contributed by atoms with Crippen LogP contribution >= 0.6 is 0 Å². The van der Waals surface area contributed by atoms with Crippen molar-refractivity contribution in [1.29, 1.82) is 5.41 Å². The number of nitrogen functional groups attached to an aromatic ring is 1. The quantitative estimate of drug-likeness (QED) is 0.512. The second-order valence-corrected chi connectivity index (χ2v) is 3.43. The van der Waals surface area contributed by atoms with E-state index in [4.69, 9.17) is 16.9 Å². The predicted octanol–water partition coefficient (Wildman–Crippen LogP) is 2.06. The minimum absolute atomic E-state index is 0.297. The largest absolute Gasteiger partial charge is 0.398 e. The molecule has 0 aromatic heterocycles. The van der Waals surface area contributed by atoms with Gasteiger partial charge in [0.15, 0.2) is 0 Å². The van der Waals surface area contributed by atoms with Gasteiger partial charge in [0.25, 0.3) is 0 Å². The average molecular weight is 207 g/mol. The van der Waals surface area contributed by atoms with E-state index in [0.717, 1.165) is 6.21 Å². The summed E-state index contributed by atoms with van der Waals surface area (Å²) in [6.07, 6.45) is 1.15. The lowest BCUT2D eigenvalue weighted by molar-refractivity contribution is 0.627. The van der Waals surface area contributed by atoms with Gasteiger partial charge in [0.1, 0.15) is 5.82 Å². The Morgan fingerprint density at radius 3 is 2.53 bits per heavy atom. The zero-order valence-electron chi connectivity index (χ0n) is 8.76. The second kappa shape index (κ2) is 4.13. The fourth-order valence-corrected chi connectivity index (χ4v) is 1.41. The predicted molar refractivity (Wildman–Crippen MR) is 61.1 cm³/mol. The van der Waals surface area contributed by atoms with Crippen molar-refractivity contribution in [3.05, 3.63) is 34.6 Å². The Kier molecular flexibility index (Phi) is 3.09. The van der Waals surface area contributed by atoms with Gasteiger partial charge in [0, 0.05) is 23.2 Å². The summed E-state index contributed by atoms with van der Waals surface area (Å²) in [7, 11) is 0. The van der Waals surface area contributed by atoms with Gasteiger partial charge in [-0.25, -0.2) is 4.39 Å². The van der Waals surface area contributed by atoms with Crippen molar-refractivity contribution in [3.8, 4) is 0 Å². The first kappa shape index (κ1) is 11.2. The molecule has 0 saturated heterocycles. The molecule has 15 heavy (non-hydrogen) atoms. The molecule has 0 radical (unpaired) electrons. The van der Waals surface area contributed by atoms with Crippen LogP contribution < -0.4 is 11.5 Å². The zero-order valence-corrected chi connectivity index (χ0v) is 8.76. The summed E-state index contributed by atoms with van der Waals surface area (Å²) < 4.78 is 13.0. The number of nitrogens with one attached hydrogen (secondary N) is 1. The number of benzene rings is 1. The third-order valence-corrected chi connectivity index (χ3v) is 2.24. The molecular formula is C11H14FN3. The highest BCUT2D eigenvalue weighted by atomic mass is 19.1. The molecule has 0 heterocycles. The standard InChI is InChI=1S/C11H14FN3/c1-6-3-8(12)4-9(14)10(6)11(15)7(2)5-13/h3-5,13H,14-15H2,1-2H3/b11-7-,13-5?. The summed E-state index contributed by atoms with van der Waals surface area (Å²) in [6.45, 7) is 3.45. The maximum Gasteiger partial charge on any atom is 0.125 e. The van der Waals surface area contributed by atoms with E-state index in [9.17, 15) is 4.39 Å². The molecule has 80 valence electrons. The molecule has 0 spiro atoms. The van der Waals surface area contributed by atoms with E-state index in [1.165, 1.54) is 12.1 Å². The van der Waals surface area contributed by atoms with E-state index in [1.807, 2.05) is 0 Å². The molecular weight excluding hydrogens is 193 g/mol. The molecule has 0 aliphatic heterocycles. The van der Waals surface area contributed by atoms with E-state index in [-0.39, 0.29) is 5.82 Å². The van der Waals surface area contributed by atoms with Gasteiger partial charge in [-0.2, -0.15) is 0 Å². The lowest BCUT2D eigenvalue weighted by Gasteiger charge is -2.11. The molecule has 0 unspecified atom stereocenters. The van der Waals surface area contributed by atoms with Crippen LogP contribution in [0.25, 0.3) is 5.70 Å². The first-order valence-electron chi connectivity index (χ1n) is 4.50. The Morgan fingerprint density at radius 2 is 2.07 bits per heavy atom. The molecule has 3 nitrogen and oxygen atoms in total. The summed E-state index contributed by atoms with van der Waals surface area (Å²) in [5, 5.41) is 7.09. The number of rotatable bonds is 2. The number of hydrogen-bond donors (Lipinski definition) is 3. The third-order valence-electron chi connectivity index (χ3n) is 2.24. The van der Waals surface area contributed by atoms with Gasteiger partial charge >= 0.3 is 0 Å². The van der Waals surface area contributed by atoms with Crippen molar-refractivity contribution in [2.75, 3.05) is 5.73 Å². The fourth-order valence-electron chi connectivity index (χ4n) is 1.41. The normalized spacial score (nSPS) is 12.2. The molecule has 0 fully saturated rings. The van der Waals surface area contributed by atoms with Crippen LogP contribution in [0, 0.1) is 18.2 Å². The minimum Gasteiger partial charge on any atom is -0.398 e. The van der Waals surface area contributed by atoms with Crippen LogP contribution in [0.1, 0.15) is 18.1 Å². The van der Waals surface area contributed by atoms with Crippen molar-refractivity contribution in [1.82, 2.24) is 0 Å². The fraction of sp³-hybridized carbons (Fsp3) is 0.182. The maximum absolute atomic E-state index is 13.0. The highest BCUT2D eigenvalue weighted by Gasteiger charge is 2.09. The van der Waals surface area contributed by atoms with Crippen molar-refractivity contribution < 1.29 is 4.39 Å². The molecule has 0 bridgehead atoms. The Labute approximate surface area is 88.1 Å². The molecule has 0 amide bonds. The molecule has 0 saturated carbocycles. The van der Waals surface area contributed by atoms with Crippen LogP contribution in [0.4, 0.5) is 10.1 Å². The smallest absolute Gasteiger partial charge is 0.125 e. The van der Waals surface area contributed by atoms with E-state index in [1.54, 1.807) is 13.8 Å². The Morgan fingerprint density at radius 1 is 1.47 bits per heavy atom. The number of aryl methyl sites for hydroxylation is 1. The molecule has 4 heteroatoms.